The minimum atomic E-state index is -0.416. The van der Waals surface area contributed by atoms with Crippen LogP contribution >= 0.6 is 0 Å². The van der Waals surface area contributed by atoms with Crippen molar-refractivity contribution in [3.05, 3.63) is 39.4 Å². The predicted molar refractivity (Wildman–Crippen MR) is 58.2 cm³/mol. The van der Waals surface area contributed by atoms with E-state index in [4.69, 9.17) is 0 Å². The fourth-order valence-electron chi connectivity index (χ4n) is 1.45. The van der Waals surface area contributed by atoms with Crippen LogP contribution in [0.5, 0.6) is 0 Å². The molecule has 1 rings (SSSR count). The van der Waals surface area contributed by atoms with Gasteiger partial charge in [0.2, 0.25) is 0 Å². The molecule has 1 aromatic carbocycles. The lowest BCUT2D eigenvalue weighted by atomic mass is 10.0. The number of hydrogen-bond donors (Lipinski definition) is 0. The summed E-state index contributed by atoms with van der Waals surface area (Å²) >= 11 is 0. The topological polar surface area (TPSA) is 69.4 Å². The number of carbonyl (C=O) groups excluding carboxylic acids is 1. The Balaban J connectivity index is 2.99. The van der Waals surface area contributed by atoms with Crippen molar-refractivity contribution in [2.24, 2.45) is 0 Å². The molecule has 5 heteroatoms. The first-order valence-electron chi connectivity index (χ1n) is 4.91. The van der Waals surface area contributed by atoms with Crippen LogP contribution in [0, 0.1) is 10.1 Å². The van der Waals surface area contributed by atoms with E-state index in [1.165, 1.54) is 13.2 Å². The molecule has 0 saturated heterocycles. The number of nitro groups is 1. The molecule has 0 fully saturated rings. The monoisotopic (exact) mass is 223 g/mol. The predicted octanol–water partition coefficient (Wildman–Crippen LogP) is 1.87. The first kappa shape index (κ1) is 12.2. The van der Waals surface area contributed by atoms with E-state index < -0.39 is 4.92 Å². The molecule has 0 N–H and O–H groups in total. The van der Waals surface area contributed by atoms with Crippen LogP contribution < -0.4 is 0 Å². The van der Waals surface area contributed by atoms with Gasteiger partial charge in [-0.2, -0.15) is 0 Å². The molecular weight excluding hydrogens is 210 g/mol. The van der Waals surface area contributed by atoms with E-state index in [0.29, 0.717) is 12.0 Å². The molecule has 0 saturated carbocycles. The summed E-state index contributed by atoms with van der Waals surface area (Å²) < 4.78 is 4.53. The highest BCUT2D eigenvalue weighted by Gasteiger charge is 2.13. The van der Waals surface area contributed by atoms with Crippen LogP contribution in [0.15, 0.2) is 18.2 Å². The molecular formula is C11H13NO4. The SMILES string of the molecule is CCc1cc(CC(=O)OC)ccc1[N+](=O)[O-]. The van der Waals surface area contributed by atoms with Gasteiger partial charge in [0.1, 0.15) is 0 Å². The normalized spacial score (nSPS) is 9.88. The Kier molecular flexibility index (Phi) is 3.99. The van der Waals surface area contributed by atoms with E-state index in [2.05, 4.69) is 4.74 Å². The third kappa shape index (κ3) is 2.79. The molecule has 0 heterocycles. The second-order valence-corrected chi connectivity index (χ2v) is 3.33. The van der Waals surface area contributed by atoms with Crippen LogP contribution in [0.3, 0.4) is 0 Å². The first-order valence-corrected chi connectivity index (χ1v) is 4.91. The number of aryl methyl sites for hydroxylation is 1. The molecule has 5 nitrogen and oxygen atoms in total. The van der Waals surface area contributed by atoms with E-state index in [1.807, 2.05) is 6.92 Å². The van der Waals surface area contributed by atoms with E-state index >= 15 is 0 Å². The maximum Gasteiger partial charge on any atom is 0.309 e. The average molecular weight is 223 g/mol. The Morgan fingerprint density at radius 3 is 2.69 bits per heavy atom. The number of carbonyl (C=O) groups is 1. The maximum absolute atomic E-state index is 11.0. The average Bonchev–Trinajstić information content (AvgIpc) is 2.28. The summed E-state index contributed by atoms with van der Waals surface area (Å²) in [5.41, 5.74) is 1.46. The van der Waals surface area contributed by atoms with Crippen LogP contribution in [-0.4, -0.2) is 18.0 Å². The van der Waals surface area contributed by atoms with E-state index in [9.17, 15) is 14.9 Å². The number of rotatable bonds is 4. The molecule has 1 aromatic rings. The molecule has 0 bridgehead atoms. The van der Waals surface area contributed by atoms with Crippen molar-refractivity contribution in [1.29, 1.82) is 0 Å². The van der Waals surface area contributed by atoms with E-state index in [0.717, 1.165) is 5.56 Å². The van der Waals surface area contributed by atoms with Crippen LogP contribution in [0.1, 0.15) is 18.1 Å². The van der Waals surface area contributed by atoms with E-state index in [-0.39, 0.29) is 18.1 Å². The van der Waals surface area contributed by atoms with Gasteiger partial charge in [-0.05, 0) is 18.1 Å². The third-order valence-corrected chi connectivity index (χ3v) is 2.30. The van der Waals surface area contributed by atoms with Crippen LogP contribution in [0.4, 0.5) is 5.69 Å². The quantitative estimate of drug-likeness (QED) is 0.444. The summed E-state index contributed by atoms with van der Waals surface area (Å²) in [7, 11) is 1.31. The first-order chi connectivity index (χ1) is 7.58. The van der Waals surface area contributed by atoms with Crippen molar-refractivity contribution in [3.63, 3.8) is 0 Å². The Hall–Kier alpha value is -1.91. The summed E-state index contributed by atoms with van der Waals surface area (Å²) in [5, 5.41) is 10.7. The van der Waals surface area contributed by atoms with Gasteiger partial charge in [-0.1, -0.05) is 13.0 Å². The fraction of sp³-hybridized carbons (Fsp3) is 0.364. The number of ether oxygens (including phenoxy) is 1. The molecule has 86 valence electrons. The zero-order chi connectivity index (χ0) is 12.1. The molecule has 0 aliphatic heterocycles. The molecule has 0 spiro atoms. The number of nitro benzene ring substituents is 1. The zero-order valence-electron chi connectivity index (χ0n) is 9.23. The Morgan fingerprint density at radius 2 is 2.19 bits per heavy atom. The standard InChI is InChI=1S/C11H13NO4/c1-3-9-6-8(7-11(13)16-2)4-5-10(9)12(14)15/h4-6H,3,7H2,1-2H3. The smallest absolute Gasteiger partial charge is 0.309 e. The van der Waals surface area contributed by atoms with Gasteiger partial charge >= 0.3 is 5.97 Å². The van der Waals surface area contributed by atoms with Gasteiger partial charge < -0.3 is 4.74 Å². The third-order valence-electron chi connectivity index (χ3n) is 2.30. The van der Waals surface area contributed by atoms with Gasteiger partial charge in [0, 0.05) is 11.6 Å². The summed E-state index contributed by atoms with van der Waals surface area (Å²) in [6, 6.07) is 4.68. The lowest BCUT2D eigenvalue weighted by molar-refractivity contribution is -0.385. The van der Waals surface area contributed by atoms with Gasteiger partial charge in [-0.15, -0.1) is 0 Å². The zero-order valence-corrected chi connectivity index (χ0v) is 9.23. The van der Waals surface area contributed by atoms with Crippen LogP contribution in [-0.2, 0) is 22.4 Å². The van der Waals surface area contributed by atoms with Gasteiger partial charge in [0.05, 0.1) is 18.5 Å². The Morgan fingerprint density at radius 1 is 1.50 bits per heavy atom. The van der Waals surface area contributed by atoms with Gasteiger partial charge in [-0.25, -0.2) is 0 Å². The summed E-state index contributed by atoms with van der Waals surface area (Å²) in [5.74, 6) is -0.351. The molecule has 0 radical (unpaired) electrons. The maximum atomic E-state index is 11.0. The van der Waals surface area contributed by atoms with Gasteiger partial charge in [-0.3, -0.25) is 14.9 Å². The molecule has 0 aromatic heterocycles. The number of hydrogen-bond acceptors (Lipinski definition) is 4. The highest BCUT2D eigenvalue weighted by atomic mass is 16.6. The Labute approximate surface area is 93.2 Å². The summed E-state index contributed by atoms with van der Waals surface area (Å²) in [4.78, 5) is 21.3. The second kappa shape index (κ2) is 5.25. The largest absolute Gasteiger partial charge is 0.469 e. The summed E-state index contributed by atoms with van der Waals surface area (Å²) in [6.07, 6.45) is 0.701. The highest BCUT2D eigenvalue weighted by molar-refractivity contribution is 5.72. The van der Waals surface area contributed by atoms with Crippen molar-refractivity contribution in [1.82, 2.24) is 0 Å². The molecule has 0 amide bonds. The Bertz CT molecular complexity index is 414. The minimum Gasteiger partial charge on any atom is -0.469 e. The molecule has 0 aliphatic rings. The highest BCUT2D eigenvalue weighted by Crippen LogP contribution is 2.20. The number of benzene rings is 1. The van der Waals surface area contributed by atoms with Crippen molar-refractivity contribution in [2.75, 3.05) is 7.11 Å². The van der Waals surface area contributed by atoms with Crippen LogP contribution in [0.2, 0.25) is 0 Å². The molecule has 0 aliphatic carbocycles. The minimum absolute atomic E-state index is 0.0936. The van der Waals surface area contributed by atoms with Gasteiger partial charge in [0.15, 0.2) is 0 Å². The van der Waals surface area contributed by atoms with E-state index in [1.54, 1.807) is 12.1 Å². The van der Waals surface area contributed by atoms with Crippen molar-refractivity contribution in [2.45, 2.75) is 19.8 Å². The molecule has 0 atom stereocenters. The summed E-state index contributed by atoms with van der Waals surface area (Å²) in [6.45, 7) is 1.84. The lowest BCUT2D eigenvalue weighted by Crippen LogP contribution is -2.05. The van der Waals surface area contributed by atoms with Gasteiger partial charge in [0.25, 0.3) is 5.69 Å². The second-order valence-electron chi connectivity index (χ2n) is 3.33. The van der Waals surface area contributed by atoms with Crippen molar-refractivity contribution in [3.8, 4) is 0 Å². The fourth-order valence-corrected chi connectivity index (χ4v) is 1.45. The lowest BCUT2D eigenvalue weighted by Gasteiger charge is -2.03. The number of methoxy groups -OCH3 is 1. The van der Waals surface area contributed by atoms with Crippen LogP contribution in [0.25, 0.3) is 0 Å². The molecule has 0 unspecified atom stereocenters. The number of esters is 1. The number of nitrogens with zero attached hydrogens (tertiary/aromatic N) is 1. The van der Waals surface area contributed by atoms with Crippen molar-refractivity contribution >= 4 is 11.7 Å². The molecule has 16 heavy (non-hydrogen) atoms. The van der Waals surface area contributed by atoms with Crippen molar-refractivity contribution < 1.29 is 14.5 Å².